The van der Waals surface area contributed by atoms with Crippen molar-refractivity contribution < 1.29 is 10.2 Å². The quantitative estimate of drug-likeness (QED) is 0.417. The number of aromatic hydroxyl groups is 2. The molecule has 0 amide bonds. The summed E-state index contributed by atoms with van der Waals surface area (Å²) in [6, 6.07) is 2.79. The number of nitrogens with one attached hydrogen (secondary N) is 2. The predicted octanol–water partition coefficient (Wildman–Crippen LogP) is 1.58. The summed E-state index contributed by atoms with van der Waals surface area (Å²) in [4.78, 5) is 36.0. The monoisotopic (exact) mass is 339 g/mol. The molecule has 25 heavy (non-hydrogen) atoms. The number of nitrogens with zero attached hydrogens (tertiary/aromatic N) is 3. The summed E-state index contributed by atoms with van der Waals surface area (Å²) < 4.78 is 0.953. The molecular formula is C16H13N5O4. The van der Waals surface area contributed by atoms with Crippen molar-refractivity contribution in [1.82, 2.24) is 14.5 Å². The largest absolute Gasteiger partial charge is 0.506 e. The van der Waals surface area contributed by atoms with Crippen LogP contribution in [0.3, 0.4) is 0 Å². The Kier molecular flexibility index (Phi) is 3.65. The van der Waals surface area contributed by atoms with Crippen LogP contribution in [0.15, 0.2) is 26.7 Å². The molecule has 0 aliphatic rings. The lowest BCUT2D eigenvalue weighted by molar-refractivity contribution is 0.426. The Morgan fingerprint density at radius 3 is 2.52 bits per heavy atom. The number of hydrogen-bond donors (Lipinski definition) is 4. The van der Waals surface area contributed by atoms with E-state index >= 15 is 0 Å². The number of pyridine rings is 1. The van der Waals surface area contributed by atoms with Gasteiger partial charge in [0, 0.05) is 19.3 Å². The highest BCUT2D eigenvalue weighted by atomic mass is 16.3. The van der Waals surface area contributed by atoms with Gasteiger partial charge >= 0.3 is 5.69 Å². The Bertz CT molecular complexity index is 1190. The highest BCUT2D eigenvalue weighted by Gasteiger charge is 2.16. The van der Waals surface area contributed by atoms with Crippen LogP contribution in [0.5, 0.6) is 11.6 Å². The van der Waals surface area contributed by atoms with Crippen molar-refractivity contribution in [3.63, 3.8) is 0 Å². The van der Waals surface area contributed by atoms with E-state index in [-0.39, 0.29) is 28.3 Å². The molecule has 0 atom stereocenters. The number of phenolic OH excluding ortho intramolecular Hbond substituents is 1. The average molecular weight is 339 g/mol. The van der Waals surface area contributed by atoms with Crippen LogP contribution in [-0.2, 0) is 7.05 Å². The first-order valence-electron chi connectivity index (χ1n) is 7.12. The van der Waals surface area contributed by atoms with Gasteiger partial charge in [-0.1, -0.05) is 0 Å². The molecule has 3 aromatic rings. The van der Waals surface area contributed by atoms with Crippen molar-refractivity contribution in [1.29, 1.82) is 0 Å². The summed E-state index contributed by atoms with van der Waals surface area (Å²) in [5.74, 6) is -0.596. The first-order chi connectivity index (χ1) is 11.8. The van der Waals surface area contributed by atoms with Gasteiger partial charge in [-0.15, -0.1) is 0 Å². The standard InChI is InChI=1S/C16H13N5O4/c1-7-8(14(23)21(3)15(24)13(7)17-2)6-18-11-4-9-10(5-12(11)22)20-16(25)19-9/h4-6,22,24H,1,3H3,(H2,19,20,25). The molecule has 1 aromatic carbocycles. The predicted molar refractivity (Wildman–Crippen MR) is 92.2 cm³/mol. The number of benzene rings is 1. The Morgan fingerprint density at radius 1 is 1.24 bits per heavy atom. The first kappa shape index (κ1) is 16.1. The van der Waals surface area contributed by atoms with Gasteiger partial charge in [0.05, 0.1) is 23.2 Å². The number of hydrogen-bond acceptors (Lipinski definition) is 5. The topological polar surface area (TPSA) is 128 Å². The molecule has 0 aliphatic heterocycles. The van der Waals surface area contributed by atoms with E-state index in [0.717, 1.165) is 4.57 Å². The minimum Gasteiger partial charge on any atom is -0.506 e. The zero-order valence-electron chi connectivity index (χ0n) is 13.3. The zero-order valence-corrected chi connectivity index (χ0v) is 13.3. The van der Waals surface area contributed by atoms with Crippen LogP contribution >= 0.6 is 0 Å². The van der Waals surface area contributed by atoms with E-state index in [0.29, 0.717) is 11.0 Å². The summed E-state index contributed by atoms with van der Waals surface area (Å²) >= 11 is 0. The Hall–Kier alpha value is -3.80. The van der Waals surface area contributed by atoms with Crippen molar-refractivity contribution >= 4 is 28.6 Å². The van der Waals surface area contributed by atoms with E-state index in [1.54, 1.807) is 0 Å². The SMILES string of the molecule is [C-]#[N+]c1c(C)c(C=Nc2cc3[nH]c(=O)[nH]c3cc2O)c(=O)n(C)c1O. The maximum Gasteiger partial charge on any atom is 0.323 e. The Balaban J connectivity index is 2.16. The van der Waals surface area contributed by atoms with Crippen molar-refractivity contribution in [3.05, 3.63) is 55.5 Å². The van der Waals surface area contributed by atoms with Crippen molar-refractivity contribution in [2.45, 2.75) is 6.92 Å². The molecule has 9 nitrogen and oxygen atoms in total. The number of aliphatic imine (C=N–C) groups is 1. The van der Waals surface area contributed by atoms with Crippen LogP contribution in [0.1, 0.15) is 11.1 Å². The molecule has 0 bridgehead atoms. The molecule has 0 radical (unpaired) electrons. The van der Waals surface area contributed by atoms with Gasteiger partial charge in [-0.3, -0.25) is 14.4 Å². The van der Waals surface area contributed by atoms with Crippen molar-refractivity contribution in [2.75, 3.05) is 0 Å². The summed E-state index contributed by atoms with van der Waals surface area (Å²) in [6.45, 7) is 8.67. The lowest BCUT2D eigenvalue weighted by Gasteiger charge is -2.09. The van der Waals surface area contributed by atoms with E-state index in [2.05, 4.69) is 19.8 Å². The van der Waals surface area contributed by atoms with Gasteiger partial charge < -0.3 is 20.2 Å². The Labute approximate surface area is 140 Å². The summed E-state index contributed by atoms with van der Waals surface area (Å²) in [6.07, 6.45) is 1.22. The van der Waals surface area contributed by atoms with Gasteiger partial charge in [0.15, 0.2) is 5.88 Å². The van der Waals surface area contributed by atoms with Crippen LogP contribution in [0.2, 0.25) is 0 Å². The molecular weight excluding hydrogens is 326 g/mol. The number of imidazole rings is 1. The minimum atomic E-state index is -0.526. The Morgan fingerprint density at radius 2 is 1.88 bits per heavy atom. The van der Waals surface area contributed by atoms with Crippen LogP contribution in [0.4, 0.5) is 11.4 Å². The molecule has 9 heteroatoms. The number of H-pyrrole nitrogens is 2. The van der Waals surface area contributed by atoms with Crippen molar-refractivity contribution in [3.8, 4) is 11.6 Å². The molecule has 2 aromatic heterocycles. The van der Waals surface area contributed by atoms with Gasteiger partial charge in [-0.25, -0.2) is 9.64 Å². The summed E-state index contributed by atoms with van der Waals surface area (Å²) in [5.41, 5.74) is 0.436. The third-order valence-corrected chi connectivity index (χ3v) is 3.88. The van der Waals surface area contributed by atoms with Crippen molar-refractivity contribution in [2.24, 2.45) is 12.0 Å². The summed E-state index contributed by atoms with van der Waals surface area (Å²) in [5, 5.41) is 19.9. The molecule has 2 heterocycles. The molecule has 0 saturated carbocycles. The van der Waals surface area contributed by atoms with Crippen LogP contribution in [0.25, 0.3) is 15.9 Å². The van der Waals surface area contributed by atoms with Crippen LogP contribution < -0.4 is 11.2 Å². The fourth-order valence-electron chi connectivity index (χ4n) is 2.47. The highest BCUT2D eigenvalue weighted by molar-refractivity contribution is 5.89. The van der Waals surface area contributed by atoms with Gasteiger partial charge in [0.25, 0.3) is 5.56 Å². The van der Waals surface area contributed by atoms with E-state index in [1.807, 2.05) is 0 Å². The average Bonchev–Trinajstić information content (AvgIpc) is 2.92. The third kappa shape index (κ3) is 2.55. The molecule has 0 unspecified atom stereocenters. The molecule has 0 fully saturated rings. The first-order valence-corrected chi connectivity index (χ1v) is 7.12. The second-order valence-corrected chi connectivity index (χ2v) is 5.41. The second-order valence-electron chi connectivity index (χ2n) is 5.41. The number of aromatic nitrogens is 3. The molecule has 0 spiro atoms. The highest BCUT2D eigenvalue weighted by Crippen LogP contribution is 2.31. The molecule has 4 N–H and O–H groups in total. The van der Waals surface area contributed by atoms with E-state index < -0.39 is 17.1 Å². The summed E-state index contributed by atoms with van der Waals surface area (Å²) in [7, 11) is 1.34. The number of rotatable bonds is 2. The fraction of sp³-hybridized carbons (Fsp3) is 0.125. The molecule has 126 valence electrons. The number of fused-ring (bicyclic) bond motifs is 1. The van der Waals surface area contributed by atoms with Crippen LogP contribution in [-0.4, -0.2) is 31.0 Å². The maximum absolute atomic E-state index is 12.3. The lowest BCUT2D eigenvalue weighted by atomic mass is 10.1. The second kappa shape index (κ2) is 5.68. The molecule has 0 saturated heterocycles. The molecule has 3 rings (SSSR count). The van der Waals surface area contributed by atoms with Gasteiger partial charge in [0.2, 0.25) is 5.69 Å². The van der Waals surface area contributed by atoms with Gasteiger partial charge in [-0.2, -0.15) is 0 Å². The molecule has 0 aliphatic carbocycles. The van der Waals surface area contributed by atoms with Crippen LogP contribution in [0, 0.1) is 13.5 Å². The zero-order chi connectivity index (χ0) is 18.3. The third-order valence-electron chi connectivity index (χ3n) is 3.88. The smallest absolute Gasteiger partial charge is 0.323 e. The van der Waals surface area contributed by atoms with E-state index in [9.17, 15) is 19.8 Å². The normalized spacial score (nSPS) is 11.2. The van der Waals surface area contributed by atoms with Gasteiger partial charge in [-0.05, 0) is 18.6 Å². The fourth-order valence-corrected chi connectivity index (χ4v) is 2.47. The minimum absolute atomic E-state index is 0.0433. The van der Waals surface area contributed by atoms with E-state index in [1.165, 1.54) is 32.3 Å². The van der Waals surface area contributed by atoms with Gasteiger partial charge in [0.1, 0.15) is 11.4 Å². The number of aromatic amines is 2. The maximum atomic E-state index is 12.3. The number of phenols is 1. The lowest BCUT2D eigenvalue weighted by Crippen LogP contribution is -2.22. The van der Waals surface area contributed by atoms with E-state index in [4.69, 9.17) is 6.57 Å².